The molecule has 0 bridgehead atoms. The molecule has 0 fully saturated rings. The fraction of sp³-hybridized carbons (Fsp3) is 0.160. The highest BCUT2D eigenvalue weighted by molar-refractivity contribution is 7.98. The van der Waals surface area contributed by atoms with E-state index in [2.05, 4.69) is 10.3 Å². The lowest BCUT2D eigenvalue weighted by Crippen LogP contribution is -2.41. The predicted molar refractivity (Wildman–Crippen MR) is 127 cm³/mol. The van der Waals surface area contributed by atoms with Crippen molar-refractivity contribution in [2.24, 2.45) is 0 Å². The summed E-state index contributed by atoms with van der Waals surface area (Å²) in [4.78, 5) is 28.7. The van der Waals surface area contributed by atoms with Crippen molar-refractivity contribution in [3.05, 3.63) is 89.7 Å². The summed E-state index contributed by atoms with van der Waals surface area (Å²) in [5.74, 6) is -0.768. The number of amides is 1. The van der Waals surface area contributed by atoms with E-state index in [0.717, 1.165) is 22.3 Å². The first-order valence-electron chi connectivity index (χ1n) is 9.88. The lowest BCUT2D eigenvalue weighted by atomic mass is 9.96. The molecule has 1 aromatic heterocycles. The van der Waals surface area contributed by atoms with Crippen LogP contribution in [0.4, 0.5) is 0 Å². The highest BCUT2D eigenvalue weighted by Gasteiger charge is 2.22. The van der Waals surface area contributed by atoms with Crippen LogP contribution in [0.3, 0.4) is 0 Å². The smallest absolute Gasteiger partial charge is 0.326 e. The van der Waals surface area contributed by atoms with Crippen molar-refractivity contribution in [1.29, 1.82) is 0 Å². The molecule has 1 atom stereocenters. The van der Waals surface area contributed by atoms with E-state index in [1.54, 1.807) is 30.2 Å². The highest BCUT2D eigenvalue weighted by atomic mass is 32.2. The summed E-state index contributed by atoms with van der Waals surface area (Å²) in [6.45, 7) is 0. The minimum Gasteiger partial charge on any atom is -0.480 e. The Morgan fingerprint density at radius 1 is 1.06 bits per heavy atom. The summed E-state index contributed by atoms with van der Waals surface area (Å²) in [5.41, 5.74) is 3.99. The van der Waals surface area contributed by atoms with Gasteiger partial charge < -0.3 is 10.4 Å². The number of carboxylic acid groups (broad SMARTS) is 1. The molecular formula is C25H24N2O3S. The van der Waals surface area contributed by atoms with Crippen molar-refractivity contribution in [2.75, 3.05) is 12.0 Å². The maximum atomic E-state index is 13.0. The molecule has 0 aliphatic rings. The van der Waals surface area contributed by atoms with E-state index in [9.17, 15) is 14.7 Å². The minimum absolute atomic E-state index is 0.370. The zero-order chi connectivity index (χ0) is 22.1. The number of carbonyl (C=O) groups is 2. The molecule has 0 aliphatic heterocycles. The van der Waals surface area contributed by atoms with Crippen LogP contribution >= 0.6 is 11.8 Å². The first-order valence-corrected chi connectivity index (χ1v) is 11.3. The molecule has 3 rings (SSSR count). The lowest BCUT2D eigenvalue weighted by Gasteiger charge is -2.16. The third-order valence-corrected chi connectivity index (χ3v) is 5.38. The molecule has 0 saturated carbocycles. The number of hydrogen-bond acceptors (Lipinski definition) is 4. The van der Waals surface area contributed by atoms with Crippen LogP contribution in [-0.2, 0) is 4.79 Å². The Bertz CT molecular complexity index is 1050. The Hall–Kier alpha value is -3.38. The van der Waals surface area contributed by atoms with Crippen LogP contribution in [0.15, 0.2) is 73.1 Å². The normalized spacial score (nSPS) is 11.9. The summed E-state index contributed by atoms with van der Waals surface area (Å²) in [6, 6.07) is 18.1. The Labute approximate surface area is 186 Å². The summed E-state index contributed by atoms with van der Waals surface area (Å²) in [6.07, 6.45) is 9.70. The van der Waals surface area contributed by atoms with E-state index in [1.165, 1.54) is 0 Å². The van der Waals surface area contributed by atoms with Gasteiger partial charge in [0.05, 0.1) is 0 Å². The van der Waals surface area contributed by atoms with Gasteiger partial charge in [0.1, 0.15) is 6.04 Å². The number of pyridine rings is 1. The Morgan fingerprint density at radius 2 is 1.84 bits per heavy atom. The van der Waals surface area contributed by atoms with Crippen LogP contribution < -0.4 is 5.32 Å². The summed E-state index contributed by atoms with van der Waals surface area (Å²) < 4.78 is 0. The third-order valence-electron chi connectivity index (χ3n) is 4.74. The van der Waals surface area contributed by atoms with Crippen LogP contribution in [0.5, 0.6) is 0 Å². The second-order valence-electron chi connectivity index (χ2n) is 6.94. The van der Waals surface area contributed by atoms with Crippen LogP contribution in [-0.4, -0.2) is 40.0 Å². The van der Waals surface area contributed by atoms with Crippen molar-refractivity contribution >= 4 is 35.8 Å². The SMILES string of the molecule is CSCCC(NC(=O)c1ccc(/C=C/c2cccnc2)cc1-c1ccccc1)C(=O)O. The number of thioether (sulfide) groups is 1. The Kier molecular flexibility index (Phi) is 8.01. The number of aromatic nitrogens is 1. The zero-order valence-corrected chi connectivity index (χ0v) is 18.0. The van der Waals surface area contributed by atoms with E-state index in [0.29, 0.717) is 17.7 Å². The monoisotopic (exact) mass is 432 g/mol. The minimum atomic E-state index is -1.03. The van der Waals surface area contributed by atoms with Gasteiger partial charge in [-0.05, 0) is 58.9 Å². The van der Waals surface area contributed by atoms with Crippen molar-refractivity contribution in [3.63, 3.8) is 0 Å². The maximum Gasteiger partial charge on any atom is 0.326 e. The van der Waals surface area contributed by atoms with Gasteiger partial charge in [-0.2, -0.15) is 11.8 Å². The molecule has 1 heterocycles. The molecule has 2 aromatic carbocycles. The number of nitrogens with one attached hydrogen (secondary N) is 1. The number of benzene rings is 2. The second-order valence-corrected chi connectivity index (χ2v) is 7.92. The number of aliphatic carboxylic acids is 1. The molecule has 0 radical (unpaired) electrons. The first-order chi connectivity index (χ1) is 15.1. The largest absolute Gasteiger partial charge is 0.480 e. The topological polar surface area (TPSA) is 79.3 Å². The first kappa shape index (κ1) is 22.3. The van der Waals surface area contributed by atoms with Crippen LogP contribution in [0.1, 0.15) is 27.9 Å². The average molecular weight is 433 g/mol. The molecule has 2 N–H and O–H groups in total. The van der Waals surface area contributed by atoms with Crippen LogP contribution in [0, 0.1) is 0 Å². The van der Waals surface area contributed by atoms with Gasteiger partial charge in [0, 0.05) is 18.0 Å². The molecule has 3 aromatic rings. The zero-order valence-electron chi connectivity index (χ0n) is 17.2. The highest BCUT2D eigenvalue weighted by Crippen LogP contribution is 2.26. The third kappa shape index (κ3) is 6.30. The van der Waals surface area contributed by atoms with Gasteiger partial charge >= 0.3 is 5.97 Å². The molecule has 31 heavy (non-hydrogen) atoms. The summed E-state index contributed by atoms with van der Waals surface area (Å²) in [5, 5.41) is 12.1. The van der Waals surface area contributed by atoms with E-state index < -0.39 is 17.9 Å². The molecule has 0 aliphatic carbocycles. The molecule has 6 heteroatoms. The van der Waals surface area contributed by atoms with E-state index >= 15 is 0 Å². The van der Waals surface area contributed by atoms with Gasteiger partial charge in [-0.3, -0.25) is 9.78 Å². The number of nitrogens with zero attached hydrogens (tertiary/aromatic N) is 1. The van der Waals surface area contributed by atoms with Crippen molar-refractivity contribution in [3.8, 4) is 11.1 Å². The maximum absolute atomic E-state index is 13.0. The van der Waals surface area contributed by atoms with E-state index in [1.807, 2.05) is 73.0 Å². The standard InChI is InChI=1S/C25H24N2O3S/c1-31-15-13-23(25(29)30)27-24(28)21-12-11-18(9-10-19-6-5-14-26-17-19)16-22(21)20-7-3-2-4-8-20/h2-12,14,16-17,23H,13,15H2,1H3,(H,27,28)(H,29,30)/b10-9+. The number of carbonyl (C=O) groups excluding carboxylic acids is 1. The van der Waals surface area contributed by atoms with E-state index in [4.69, 9.17) is 0 Å². The summed E-state index contributed by atoms with van der Waals surface area (Å²) >= 11 is 1.55. The molecule has 1 unspecified atom stereocenters. The predicted octanol–water partition coefficient (Wildman–Crippen LogP) is 4.86. The van der Waals surface area contributed by atoms with Gasteiger partial charge in [-0.1, -0.05) is 54.6 Å². The molecule has 0 saturated heterocycles. The molecule has 1 amide bonds. The summed E-state index contributed by atoms with van der Waals surface area (Å²) in [7, 11) is 0. The van der Waals surface area contributed by atoms with Gasteiger partial charge in [0.2, 0.25) is 0 Å². The molecular weight excluding hydrogens is 408 g/mol. The van der Waals surface area contributed by atoms with Crippen molar-refractivity contribution in [1.82, 2.24) is 10.3 Å². The van der Waals surface area contributed by atoms with Gasteiger partial charge in [-0.15, -0.1) is 0 Å². The van der Waals surface area contributed by atoms with Crippen molar-refractivity contribution in [2.45, 2.75) is 12.5 Å². The van der Waals surface area contributed by atoms with Crippen LogP contribution in [0.25, 0.3) is 23.3 Å². The average Bonchev–Trinajstić information content (AvgIpc) is 2.81. The van der Waals surface area contributed by atoms with E-state index in [-0.39, 0.29) is 0 Å². The van der Waals surface area contributed by atoms with Crippen LogP contribution in [0.2, 0.25) is 0 Å². The van der Waals surface area contributed by atoms with Gasteiger partial charge in [0.15, 0.2) is 0 Å². The molecule has 0 spiro atoms. The quantitative estimate of drug-likeness (QED) is 0.505. The second kappa shape index (κ2) is 11.1. The number of hydrogen-bond donors (Lipinski definition) is 2. The number of carboxylic acids is 1. The van der Waals surface area contributed by atoms with Gasteiger partial charge in [0.25, 0.3) is 5.91 Å². The molecule has 5 nitrogen and oxygen atoms in total. The number of rotatable bonds is 9. The molecule has 158 valence electrons. The Morgan fingerprint density at radius 3 is 2.52 bits per heavy atom. The lowest BCUT2D eigenvalue weighted by molar-refractivity contribution is -0.139. The Balaban J connectivity index is 1.93. The fourth-order valence-corrected chi connectivity index (χ4v) is 3.59. The fourth-order valence-electron chi connectivity index (χ4n) is 3.12. The van der Waals surface area contributed by atoms with Crippen molar-refractivity contribution < 1.29 is 14.7 Å². The van der Waals surface area contributed by atoms with Gasteiger partial charge in [-0.25, -0.2) is 4.79 Å².